The Kier molecular flexibility index (Phi) is 2.12. The Morgan fingerprint density at radius 3 is 2.00 bits per heavy atom. The maximum atomic E-state index is 4.29. The summed E-state index contributed by atoms with van der Waals surface area (Å²) >= 11 is 0. The van der Waals surface area contributed by atoms with E-state index in [-0.39, 0.29) is 0 Å². The average Bonchev–Trinajstić information content (AvgIpc) is 2.98. The van der Waals surface area contributed by atoms with Crippen molar-refractivity contribution in [3.05, 3.63) is 67.3 Å². The Balaban J connectivity index is 2.27. The maximum absolute atomic E-state index is 4.29. The number of rotatable bonds is 1. The van der Waals surface area contributed by atoms with Gasteiger partial charge in [0.25, 0.3) is 0 Å². The fourth-order valence-electron chi connectivity index (χ4n) is 2.56. The third-order valence-electron chi connectivity index (χ3n) is 3.39. The molecule has 0 unspecified atom stereocenters. The molecule has 1 heterocycles. The van der Waals surface area contributed by atoms with Gasteiger partial charge in [-0.2, -0.15) is 5.10 Å². The van der Waals surface area contributed by atoms with Crippen LogP contribution in [0.2, 0.25) is 0 Å². The summed E-state index contributed by atoms with van der Waals surface area (Å²) in [6, 6.07) is 18.9. The van der Waals surface area contributed by atoms with Gasteiger partial charge in [0.1, 0.15) is 12.7 Å². The molecule has 0 aliphatic carbocycles. The molecule has 0 saturated carbocycles. The highest BCUT2D eigenvalue weighted by Crippen LogP contribution is 2.30. The van der Waals surface area contributed by atoms with Gasteiger partial charge in [0.15, 0.2) is 0 Å². The van der Waals surface area contributed by atoms with E-state index >= 15 is 0 Å². The molecule has 4 aromatic rings. The molecule has 0 atom stereocenters. The Bertz CT molecular complexity index is 810. The minimum atomic E-state index is 1.09. The first kappa shape index (κ1) is 10.3. The van der Waals surface area contributed by atoms with E-state index in [4.69, 9.17) is 0 Å². The molecule has 0 N–H and O–H groups in total. The van der Waals surface area contributed by atoms with Crippen LogP contribution in [-0.4, -0.2) is 14.8 Å². The number of benzene rings is 3. The van der Waals surface area contributed by atoms with Crippen molar-refractivity contribution < 1.29 is 0 Å². The third-order valence-corrected chi connectivity index (χ3v) is 3.39. The lowest BCUT2D eigenvalue weighted by molar-refractivity contribution is 0.893. The van der Waals surface area contributed by atoms with Crippen molar-refractivity contribution in [3.8, 4) is 5.69 Å². The summed E-state index contributed by atoms with van der Waals surface area (Å²) in [5.41, 5.74) is 1.09. The van der Waals surface area contributed by atoms with Crippen LogP contribution >= 0.6 is 0 Å². The summed E-state index contributed by atoms with van der Waals surface area (Å²) in [6.45, 7) is 0. The average molecular weight is 245 g/mol. The van der Waals surface area contributed by atoms with Gasteiger partial charge in [0.05, 0.1) is 5.69 Å². The smallest absolute Gasteiger partial charge is 0.138 e. The first-order valence-corrected chi connectivity index (χ1v) is 6.19. The molecule has 0 fully saturated rings. The zero-order valence-corrected chi connectivity index (χ0v) is 10.2. The number of aromatic nitrogens is 3. The molecule has 3 heteroatoms. The summed E-state index contributed by atoms with van der Waals surface area (Å²) in [5, 5.41) is 9.09. The molecule has 0 aliphatic heterocycles. The second-order valence-electron chi connectivity index (χ2n) is 4.51. The summed E-state index contributed by atoms with van der Waals surface area (Å²) in [4.78, 5) is 4.06. The summed E-state index contributed by atoms with van der Waals surface area (Å²) in [6.07, 6.45) is 3.31. The first-order chi connectivity index (χ1) is 9.43. The quantitative estimate of drug-likeness (QED) is 0.480. The number of fused-ring (bicyclic) bond motifs is 2. The standard InChI is InChI=1S/C16H11N3/c1-3-7-14-12(5-1)9-13-6-2-4-8-15(13)16(14)19-11-17-10-18-19/h1-11H. The normalized spacial score (nSPS) is 11.2. The lowest BCUT2D eigenvalue weighted by Crippen LogP contribution is -1.97. The fraction of sp³-hybridized carbons (Fsp3) is 0. The van der Waals surface area contributed by atoms with Crippen LogP contribution in [0.3, 0.4) is 0 Å². The van der Waals surface area contributed by atoms with Crippen molar-refractivity contribution in [2.75, 3.05) is 0 Å². The van der Waals surface area contributed by atoms with Gasteiger partial charge < -0.3 is 0 Å². The summed E-state index contributed by atoms with van der Waals surface area (Å²) in [5.74, 6) is 0. The van der Waals surface area contributed by atoms with E-state index in [1.165, 1.54) is 21.5 Å². The second kappa shape index (κ2) is 3.92. The Morgan fingerprint density at radius 1 is 0.789 bits per heavy atom. The Hall–Kier alpha value is -2.68. The van der Waals surface area contributed by atoms with Gasteiger partial charge in [-0.25, -0.2) is 9.67 Å². The Labute approximate surface area is 110 Å². The van der Waals surface area contributed by atoms with E-state index in [0.29, 0.717) is 0 Å². The largest absolute Gasteiger partial charge is 0.223 e. The molecular formula is C16H11N3. The molecule has 3 aromatic carbocycles. The Morgan fingerprint density at radius 2 is 1.42 bits per heavy atom. The highest BCUT2D eigenvalue weighted by atomic mass is 15.3. The molecule has 4 rings (SSSR count). The maximum Gasteiger partial charge on any atom is 0.138 e. The van der Waals surface area contributed by atoms with Gasteiger partial charge in [-0.3, -0.25) is 0 Å². The number of hydrogen-bond donors (Lipinski definition) is 0. The zero-order chi connectivity index (χ0) is 12.7. The fourth-order valence-corrected chi connectivity index (χ4v) is 2.56. The highest BCUT2D eigenvalue weighted by Gasteiger charge is 2.09. The van der Waals surface area contributed by atoms with E-state index in [1.807, 2.05) is 4.68 Å². The van der Waals surface area contributed by atoms with Crippen LogP contribution < -0.4 is 0 Å². The van der Waals surface area contributed by atoms with Crippen LogP contribution in [-0.2, 0) is 0 Å². The van der Waals surface area contributed by atoms with Gasteiger partial charge >= 0.3 is 0 Å². The molecule has 1 aromatic heterocycles. The van der Waals surface area contributed by atoms with Crippen molar-refractivity contribution in [1.82, 2.24) is 14.8 Å². The lowest BCUT2D eigenvalue weighted by Gasteiger charge is -2.10. The second-order valence-corrected chi connectivity index (χ2v) is 4.51. The highest BCUT2D eigenvalue weighted by molar-refractivity contribution is 6.07. The van der Waals surface area contributed by atoms with Crippen molar-refractivity contribution in [2.45, 2.75) is 0 Å². The van der Waals surface area contributed by atoms with Crippen LogP contribution in [0.4, 0.5) is 0 Å². The third kappa shape index (κ3) is 1.52. The molecule has 0 saturated heterocycles. The van der Waals surface area contributed by atoms with Gasteiger partial charge in [0, 0.05) is 10.8 Å². The van der Waals surface area contributed by atoms with Crippen molar-refractivity contribution >= 4 is 21.5 Å². The lowest BCUT2D eigenvalue weighted by atomic mass is 10.0. The van der Waals surface area contributed by atoms with Gasteiger partial charge in [-0.15, -0.1) is 0 Å². The number of nitrogens with zero attached hydrogens (tertiary/aromatic N) is 3. The van der Waals surface area contributed by atoms with Crippen LogP contribution in [0.15, 0.2) is 67.3 Å². The predicted molar refractivity (Wildman–Crippen MR) is 76.4 cm³/mol. The molecule has 0 aliphatic rings. The van der Waals surface area contributed by atoms with Crippen LogP contribution in [0.5, 0.6) is 0 Å². The van der Waals surface area contributed by atoms with Crippen LogP contribution in [0.25, 0.3) is 27.2 Å². The van der Waals surface area contributed by atoms with E-state index in [9.17, 15) is 0 Å². The first-order valence-electron chi connectivity index (χ1n) is 6.19. The van der Waals surface area contributed by atoms with E-state index in [0.717, 1.165) is 5.69 Å². The molecule has 0 bridgehead atoms. The van der Waals surface area contributed by atoms with Gasteiger partial charge in [-0.1, -0.05) is 48.5 Å². The van der Waals surface area contributed by atoms with Gasteiger partial charge in [0.2, 0.25) is 0 Å². The molecule has 0 amide bonds. The number of hydrogen-bond acceptors (Lipinski definition) is 2. The van der Waals surface area contributed by atoms with E-state index < -0.39 is 0 Å². The minimum absolute atomic E-state index is 1.09. The molecule has 90 valence electrons. The molecular weight excluding hydrogens is 234 g/mol. The topological polar surface area (TPSA) is 30.7 Å². The van der Waals surface area contributed by atoms with Crippen molar-refractivity contribution in [1.29, 1.82) is 0 Å². The summed E-state index contributed by atoms with van der Waals surface area (Å²) < 4.78 is 1.84. The predicted octanol–water partition coefficient (Wildman–Crippen LogP) is 3.57. The molecule has 3 nitrogen and oxygen atoms in total. The van der Waals surface area contributed by atoms with Crippen LogP contribution in [0, 0.1) is 0 Å². The monoisotopic (exact) mass is 245 g/mol. The molecule has 19 heavy (non-hydrogen) atoms. The molecule has 0 spiro atoms. The van der Waals surface area contributed by atoms with Gasteiger partial charge in [-0.05, 0) is 16.8 Å². The van der Waals surface area contributed by atoms with Crippen LogP contribution in [0.1, 0.15) is 0 Å². The zero-order valence-electron chi connectivity index (χ0n) is 10.2. The SMILES string of the molecule is c1ccc2c(-n3cncn3)c3ccccc3cc2c1. The summed E-state index contributed by atoms with van der Waals surface area (Å²) in [7, 11) is 0. The molecule has 0 radical (unpaired) electrons. The minimum Gasteiger partial charge on any atom is -0.223 e. The van der Waals surface area contributed by atoms with Crippen molar-refractivity contribution in [2.24, 2.45) is 0 Å². The van der Waals surface area contributed by atoms with Crippen molar-refractivity contribution in [3.63, 3.8) is 0 Å². The van der Waals surface area contributed by atoms with E-state index in [1.54, 1.807) is 12.7 Å². The van der Waals surface area contributed by atoms with E-state index in [2.05, 4.69) is 64.7 Å².